The monoisotopic (exact) mass is 330 g/mol. The number of nitrogens with zero attached hydrogens (tertiary/aromatic N) is 3. The molecule has 0 spiro atoms. The van der Waals surface area contributed by atoms with Gasteiger partial charge in [0.1, 0.15) is 0 Å². The van der Waals surface area contributed by atoms with E-state index in [1.165, 1.54) is 5.56 Å². The maximum atomic E-state index is 12.6. The number of piperazine rings is 1. The van der Waals surface area contributed by atoms with Crippen molar-refractivity contribution in [1.29, 1.82) is 0 Å². The lowest BCUT2D eigenvalue weighted by atomic mass is 10.0. The smallest absolute Gasteiger partial charge is 0.318 e. The van der Waals surface area contributed by atoms with Gasteiger partial charge in [-0.1, -0.05) is 30.3 Å². The third-order valence-electron chi connectivity index (χ3n) is 4.12. The molecular formula is C17H22N4OS. The third kappa shape index (κ3) is 3.89. The van der Waals surface area contributed by atoms with Crippen LogP contribution in [-0.4, -0.2) is 47.5 Å². The summed E-state index contributed by atoms with van der Waals surface area (Å²) in [6.07, 6.45) is 0. The largest absolute Gasteiger partial charge is 0.332 e. The average molecular weight is 330 g/mol. The van der Waals surface area contributed by atoms with Crippen molar-refractivity contribution in [1.82, 2.24) is 20.1 Å². The molecule has 1 aromatic carbocycles. The molecule has 6 heteroatoms. The number of hydrogen-bond acceptors (Lipinski definition) is 4. The minimum atomic E-state index is -0.0161. The molecule has 0 saturated carbocycles. The van der Waals surface area contributed by atoms with Gasteiger partial charge in [-0.2, -0.15) is 0 Å². The normalized spacial score (nSPS) is 18.9. The van der Waals surface area contributed by atoms with Crippen LogP contribution in [0.5, 0.6) is 0 Å². The molecule has 23 heavy (non-hydrogen) atoms. The molecule has 1 N–H and O–H groups in total. The fourth-order valence-electron chi connectivity index (χ4n) is 2.88. The van der Waals surface area contributed by atoms with Crippen LogP contribution in [0.3, 0.4) is 0 Å². The van der Waals surface area contributed by atoms with Gasteiger partial charge >= 0.3 is 6.03 Å². The Balaban J connectivity index is 1.69. The number of amides is 2. The first-order valence-electron chi connectivity index (χ1n) is 7.82. The Labute approximate surface area is 140 Å². The number of hydrogen-bond donors (Lipinski definition) is 1. The fourth-order valence-corrected chi connectivity index (χ4v) is 3.49. The Bertz CT molecular complexity index is 658. The number of carbonyl (C=O) groups is 1. The molecule has 2 aromatic rings. The number of aryl methyl sites for hydroxylation is 1. The Morgan fingerprint density at radius 1 is 1.35 bits per heavy atom. The van der Waals surface area contributed by atoms with E-state index in [4.69, 9.17) is 0 Å². The van der Waals surface area contributed by atoms with Crippen LogP contribution in [0.4, 0.5) is 4.79 Å². The second-order valence-electron chi connectivity index (χ2n) is 5.90. The van der Waals surface area contributed by atoms with Crippen LogP contribution in [0.2, 0.25) is 0 Å². The van der Waals surface area contributed by atoms with Crippen LogP contribution >= 0.6 is 11.3 Å². The SMILES string of the molecule is Cc1nc(CNC(=O)N2CCN(C)CC2c2ccccc2)cs1. The molecular weight excluding hydrogens is 308 g/mol. The molecule has 1 unspecified atom stereocenters. The Kier molecular flexibility index (Phi) is 4.93. The Morgan fingerprint density at radius 3 is 2.83 bits per heavy atom. The standard InChI is InChI=1S/C17H22N4OS/c1-13-19-15(12-23-13)10-18-17(22)21-9-8-20(2)11-16(21)14-6-4-3-5-7-14/h3-7,12,16H,8-11H2,1-2H3,(H,18,22). The van der Waals surface area contributed by atoms with Crippen molar-refractivity contribution in [2.75, 3.05) is 26.7 Å². The van der Waals surface area contributed by atoms with E-state index in [9.17, 15) is 4.79 Å². The van der Waals surface area contributed by atoms with Crippen molar-refractivity contribution < 1.29 is 4.79 Å². The van der Waals surface area contributed by atoms with E-state index < -0.39 is 0 Å². The van der Waals surface area contributed by atoms with Crippen molar-refractivity contribution in [3.8, 4) is 0 Å². The van der Waals surface area contributed by atoms with Crippen LogP contribution in [0.1, 0.15) is 22.3 Å². The van der Waals surface area contributed by atoms with Crippen molar-refractivity contribution in [2.45, 2.75) is 19.5 Å². The summed E-state index contributed by atoms with van der Waals surface area (Å²) in [5, 5.41) is 6.03. The molecule has 1 atom stereocenters. The number of thiazole rings is 1. The molecule has 1 saturated heterocycles. The van der Waals surface area contributed by atoms with E-state index in [0.29, 0.717) is 6.54 Å². The number of urea groups is 1. The molecule has 1 fully saturated rings. The van der Waals surface area contributed by atoms with E-state index in [-0.39, 0.29) is 12.1 Å². The maximum absolute atomic E-state index is 12.6. The molecule has 0 radical (unpaired) electrons. The van der Waals surface area contributed by atoms with Gasteiger partial charge in [-0.25, -0.2) is 9.78 Å². The zero-order valence-corrected chi connectivity index (χ0v) is 14.3. The molecule has 1 aliphatic rings. The number of rotatable bonds is 3. The lowest BCUT2D eigenvalue weighted by Gasteiger charge is -2.40. The molecule has 2 amide bonds. The van der Waals surface area contributed by atoms with E-state index in [2.05, 4.69) is 34.4 Å². The van der Waals surface area contributed by atoms with Crippen molar-refractivity contribution in [3.05, 3.63) is 52.0 Å². The number of likely N-dealkylation sites (N-methyl/N-ethyl adjacent to an activating group) is 1. The third-order valence-corrected chi connectivity index (χ3v) is 4.94. The van der Waals surface area contributed by atoms with Gasteiger partial charge in [-0.15, -0.1) is 11.3 Å². The summed E-state index contributed by atoms with van der Waals surface area (Å²) in [5.74, 6) is 0. The first kappa shape index (κ1) is 16.0. The Hall–Kier alpha value is -1.92. The van der Waals surface area contributed by atoms with E-state index in [1.54, 1.807) is 11.3 Å². The number of carbonyl (C=O) groups excluding carboxylic acids is 1. The molecule has 2 heterocycles. The summed E-state index contributed by atoms with van der Waals surface area (Å²) in [6.45, 7) is 4.94. The van der Waals surface area contributed by atoms with Crippen LogP contribution < -0.4 is 5.32 Å². The molecule has 122 valence electrons. The van der Waals surface area contributed by atoms with Gasteiger partial charge in [0.2, 0.25) is 0 Å². The molecule has 3 rings (SSSR count). The van der Waals surface area contributed by atoms with Crippen LogP contribution in [0.15, 0.2) is 35.7 Å². The van der Waals surface area contributed by atoms with E-state index in [0.717, 1.165) is 30.3 Å². The van der Waals surface area contributed by atoms with Gasteiger partial charge < -0.3 is 15.1 Å². The van der Waals surface area contributed by atoms with Crippen LogP contribution in [0.25, 0.3) is 0 Å². The lowest BCUT2D eigenvalue weighted by molar-refractivity contribution is 0.108. The second-order valence-corrected chi connectivity index (χ2v) is 6.96. The fraction of sp³-hybridized carbons (Fsp3) is 0.412. The zero-order chi connectivity index (χ0) is 16.2. The number of aromatic nitrogens is 1. The summed E-state index contributed by atoms with van der Waals surface area (Å²) in [4.78, 5) is 21.2. The maximum Gasteiger partial charge on any atom is 0.318 e. The summed E-state index contributed by atoms with van der Waals surface area (Å²) < 4.78 is 0. The van der Waals surface area contributed by atoms with Crippen molar-refractivity contribution >= 4 is 17.4 Å². The highest BCUT2D eigenvalue weighted by Crippen LogP contribution is 2.24. The molecule has 0 bridgehead atoms. The van der Waals surface area contributed by atoms with Crippen molar-refractivity contribution in [3.63, 3.8) is 0 Å². The van der Waals surface area contributed by atoms with Gasteiger partial charge in [0.15, 0.2) is 0 Å². The van der Waals surface area contributed by atoms with Gasteiger partial charge in [0.25, 0.3) is 0 Å². The second kappa shape index (κ2) is 7.10. The first-order chi connectivity index (χ1) is 11.1. The molecule has 1 aromatic heterocycles. The first-order valence-corrected chi connectivity index (χ1v) is 8.70. The van der Waals surface area contributed by atoms with Crippen molar-refractivity contribution in [2.24, 2.45) is 0 Å². The van der Waals surface area contributed by atoms with Gasteiger partial charge in [0.05, 0.1) is 23.3 Å². The van der Waals surface area contributed by atoms with Gasteiger partial charge in [-0.3, -0.25) is 0 Å². The highest BCUT2D eigenvalue weighted by Gasteiger charge is 2.30. The van der Waals surface area contributed by atoms with E-state index >= 15 is 0 Å². The lowest BCUT2D eigenvalue weighted by Crippen LogP contribution is -2.52. The van der Waals surface area contributed by atoms with Gasteiger partial charge in [-0.05, 0) is 19.5 Å². The predicted molar refractivity (Wildman–Crippen MR) is 92.5 cm³/mol. The van der Waals surface area contributed by atoms with E-state index in [1.807, 2.05) is 35.4 Å². The zero-order valence-electron chi connectivity index (χ0n) is 13.5. The number of benzene rings is 1. The Morgan fingerprint density at radius 2 is 2.13 bits per heavy atom. The van der Waals surface area contributed by atoms with Crippen LogP contribution in [-0.2, 0) is 6.54 Å². The summed E-state index contributed by atoms with van der Waals surface area (Å²) in [7, 11) is 2.10. The topological polar surface area (TPSA) is 48.5 Å². The average Bonchev–Trinajstić information content (AvgIpc) is 2.99. The highest BCUT2D eigenvalue weighted by molar-refractivity contribution is 7.09. The quantitative estimate of drug-likeness (QED) is 0.941. The predicted octanol–water partition coefficient (Wildman–Crippen LogP) is 2.65. The summed E-state index contributed by atoms with van der Waals surface area (Å²) in [5.41, 5.74) is 2.10. The molecule has 1 aliphatic heterocycles. The minimum Gasteiger partial charge on any atom is -0.332 e. The molecule has 0 aliphatic carbocycles. The summed E-state index contributed by atoms with van der Waals surface area (Å²) >= 11 is 1.61. The van der Waals surface area contributed by atoms with Crippen LogP contribution in [0, 0.1) is 6.92 Å². The van der Waals surface area contributed by atoms with Gasteiger partial charge in [0, 0.05) is 25.0 Å². The summed E-state index contributed by atoms with van der Waals surface area (Å²) in [6, 6.07) is 10.3. The minimum absolute atomic E-state index is 0.0161. The molecule has 5 nitrogen and oxygen atoms in total. The highest BCUT2D eigenvalue weighted by atomic mass is 32.1. The number of nitrogens with one attached hydrogen (secondary N) is 1.